The summed E-state index contributed by atoms with van der Waals surface area (Å²) in [5.74, 6) is -0.392. The average molecular weight is 462 g/mol. The lowest BCUT2D eigenvalue weighted by Gasteiger charge is -2.12. The molecule has 0 saturated heterocycles. The largest absolute Gasteiger partial charge is 0.353 e. The van der Waals surface area contributed by atoms with Crippen molar-refractivity contribution in [3.8, 4) is 5.69 Å². The molecule has 0 unspecified atom stereocenters. The Balaban J connectivity index is 1.60. The highest BCUT2D eigenvalue weighted by Crippen LogP contribution is 2.23. The van der Waals surface area contributed by atoms with Gasteiger partial charge in [0.2, 0.25) is 11.8 Å². The molecule has 3 N–H and O–H groups in total. The number of carbonyl (C=O) groups is 2. The van der Waals surface area contributed by atoms with E-state index in [0.29, 0.717) is 33.3 Å². The van der Waals surface area contributed by atoms with Gasteiger partial charge in [0.25, 0.3) is 5.56 Å². The van der Waals surface area contributed by atoms with Gasteiger partial charge in [-0.1, -0.05) is 35.5 Å². The Labute approximate surface area is 194 Å². The summed E-state index contributed by atoms with van der Waals surface area (Å²) < 4.78 is 1.52. The van der Waals surface area contributed by atoms with Crippen LogP contribution in [0, 0.1) is 13.8 Å². The third-order valence-corrected chi connectivity index (χ3v) is 5.79. The Morgan fingerprint density at radius 1 is 1.03 bits per heavy atom. The van der Waals surface area contributed by atoms with Crippen molar-refractivity contribution in [1.82, 2.24) is 14.5 Å². The standard InChI is InChI=1S/C24H23N5O3S/c1-14-7-9-19(10-8-14)29-23(32)22-20(11-15(2)25-22)28-24(29)33-13-21(31)27-18-6-4-5-17(12-18)26-16(3)30/h4-12,25H,13H2,1-3H3,(H,26,30)(H,27,31). The van der Waals surface area contributed by atoms with E-state index in [2.05, 4.69) is 20.6 Å². The molecule has 0 atom stereocenters. The lowest BCUT2D eigenvalue weighted by atomic mass is 10.2. The first-order valence-electron chi connectivity index (χ1n) is 10.3. The van der Waals surface area contributed by atoms with Crippen molar-refractivity contribution < 1.29 is 9.59 Å². The molecule has 0 spiro atoms. The molecule has 9 heteroatoms. The number of anilines is 2. The number of thioether (sulfide) groups is 1. The van der Waals surface area contributed by atoms with Crippen molar-refractivity contribution in [2.45, 2.75) is 25.9 Å². The summed E-state index contributed by atoms with van der Waals surface area (Å²) in [5.41, 5.74) is 4.52. The molecule has 8 nitrogen and oxygen atoms in total. The highest BCUT2D eigenvalue weighted by molar-refractivity contribution is 7.99. The van der Waals surface area contributed by atoms with E-state index in [1.54, 1.807) is 24.3 Å². The number of rotatable bonds is 6. The topological polar surface area (TPSA) is 109 Å². The van der Waals surface area contributed by atoms with Crippen LogP contribution in [0.1, 0.15) is 18.2 Å². The van der Waals surface area contributed by atoms with Crippen LogP contribution in [0.4, 0.5) is 11.4 Å². The van der Waals surface area contributed by atoms with E-state index in [1.807, 2.05) is 44.2 Å². The number of hydrogen-bond donors (Lipinski definition) is 3. The van der Waals surface area contributed by atoms with E-state index in [9.17, 15) is 14.4 Å². The highest BCUT2D eigenvalue weighted by Gasteiger charge is 2.16. The molecule has 0 radical (unpaired) electrons. The van der Waals surface area contributed by atoms with Crippen LogP contribution in [0.15, 0.2) is 64.5 Å². The van der Waals surface area contributed by atoms with Gasteiger partial charge in [0, 0.05) is 24.0 Å². The first-order valence-corrected chi connectivity index (χ1v) is 11.3. The molecule has 2 aromatic heterocycles. The van der Waals surface area contributed by atoms with Gasteiger partial charge < -0.3 is 15.6 Å². The molecule has 4 rings (SSSR count). The number of amides is 2. The van der Waals surface area contributed by atoms with E-state index in [-0.39, 0.29) is 23.1 Å². The number of hydrogen-bond acceptors (Lipinski definition) is 5. The number of fused-ring (bicyclic) bond motifs is 1. The summed E-state index contributed by atoms with van der Waals surface area (Å²) in [6.45, 7) is 5.27. The summed E-state index contributed by atoms with van der Waals surface area (Å²) in [6.07, 6.45) is 0. The third-order valence-electron chi connectivity index (χ3n) is 4.85. The van der Waals surface area contributed by atoms with Crippen molar-refractivity contribution in [3.05, 3.63) is 76.2 Å². The van der Waals surface area contributed by atoms with Crippen LogP contribution in [0.3, 0.4) is 0 Å². The molecule has 0 aliphatic rings. The van der Waals surface area contributed by atoms with Crippen molar-refractivity contribution in [2.24, 2.45) is 0 Å². The first kappa shape index (κ1) is 22.3. The van der Waals surface area contributed by atoms with Crippen LogP contribution >= 0.6 is 11.8 Å². The lowest BCUT2D eigenvalue weighted by Crippen LogP contribution is -2.23. The van der Waals surface area contributed by atoms with Crippen molar-refractivity contribution in [3.63, 3.8) is 0 Å². The minimum Gasteiger partial charge on any atom is -0.353 e. The number of H-pyrrole nitrogens is 1. The molecule has 2 aromatic carbocycles. The zero-order valence-electron chi connectivity index (χ0n) is 18.4. The maximum Gasteiger partial charge on any atom is 0.283 e. The second kappa shape index (κ2) is 9.33. The molecule has 168 valence electrons. The monoisotopic (exact) mass is 461 g/mol. The van der Waals surface area contributed by atoms with Gasteiger partial charge in [0.15, 0.2) is 5.16 Å². The SMILES string of the molecule is CC(=O)Nc1cccc(NC(=O)CSc2nc3cc(C)[nH]c3c(=O)n2-c2ccc(C)cc2)c1. The second-order valence-electron chi connectivity index (χ2n) is 7.68. The number of nitrogens with zero attached hydrogens (tertiary/aromatic N) is 2. The quantitative estimate of drug-likeness (QED) is 0.297. The van der Waals surface area contributed by atoms with Crippen molar-refractivity contribution in [1.29, 1.82) is 0 Å². The second-order valence-corrected chi connectivity index (χ2v) is 8.62. The number of nitrogens with one attached hydrogen (secondary N) is 3. The van der Waals surface area contributed by atoms with Crippen LogP contribution in [0.2, 0.25) is 0 Å². The molecular weight excluding hydrogens is 438 g/mol. The fraction of sp³-hybridized carbons (Fsp3) is 0.167. The minimum absolute atomic E-state index is 0.0532. The fourth-order valence-corrected chi connectivity index (χ4v) is 4.21. The molecule has 2 amide bonds. The predicted molar refractivity (Wildman–Crippen MR) is 131 cm³/mol. The van der Waals surface area contributed by atoms with Gasteiger partial charge in [-0.15, -0.1) is 0 Å². The van der Waals surface area contributed by atoms with Crippen LogP contribution in [0.5, 0.6) is 0 Å². The molecule has 0 bridgehead atoms. The average Bonchev–Trinajstić information content (AvgIpc) is 3.14. The van der Waals surface area contributed by atoms with Crippen LogP contribution in [0.25, 0.3) is 16.7 Å². The number of carbonyl (C=O) groups excluding carboxylic acids is 2. The van der Waals surface area contributed by atoms with Gasteiger partial charge in [0.1, 0.15) is 5.52 Å². The molecule has 2 heterocycles. The number of aromatic amines is 1. The Kier molecular flexibility index (Phi) is 6.32. The molecule has 0 fully saturated rings. The van der Waals surface area contributed by atoms with Gasteiger partial charge in [-0.25, -0.2) is 4.98 Å². The van der Waals surface area contributed by atoms with E-state index >= 15 is 0 Å². The summed E-state index contributed by atoms with van der Waals surface area (Å²) in [7, 11) is 0. The Morgan fingerprint density at radius 3 is 2.42 bits per heavy atom. The first-order chi connectivity index (χ1) is 15.8. The third kappa shape index (κ3) is 5.15. The van der Waals surface area contributed by atoms with E-state index in [0.717, 1.165) is 11.3 Å². The molecule has 33 heavy (non-hydrogen) atoms. The maximum atomic E-state index is 13.3. The zero-order chi connectivity index (χ0) is 23.5. The molecule has 0 saturated carbocycles. The molecular formula is C24H23N5O3S. The summed E-state index contributed by atoms with van der Waals surface area (Å²) in [5, 5.41) is 5.93. The number of aryl methyl sites for hydroxylation is 2. The Morgan fingerprint density at radius 2 is 1.73 bits per heavy atom. The Bertz CT molecular complexity index is 1410. The summed E-state index contributed by atoms with van der Waals surface area (Å²) in [6, 6.07) is 16.3. The number of aromatic nitrogens is 3. The Hall–Kier alpha value is -3.85. The van der Waals surface area contributed by atoms with Crippen molar-refractivity contribution >= 4 is 46.0 Å². The van der Waals surface area contributed by atoms with E-state index < -0.39 is 0 Å². The zero-order valence-corrected chi connectivity index (χ0v) is 19.2. The van der Waals surface area contributed by atoms with Crippen LogP contribution < -0.4 is 16.2 Å². The molecule has 0 aliphatic carbocycles. The maximum absolute atomic E-state index is 13.3. The van der Waals surface area contributed by atoms with E-state index in [1.165, 1.54) is 23.3 Å². The normalized spacial score (nSPS) is 10.9. The lowest BCUT2D eigenvalue weighted by molar-refractivity contribution is -0.114. The number of benzene rings is 2. The fourth-order valence-electron chi connectivity index (χ4n) is 3.40. The molecule has 4 aromatic rings. The van der Waals surface area contributed by atoms with Gasteiger partial charge in [-0.2, -0.15) is 0 Å². The summed E-state index contributed by atoms with van der Waals surface area (Å²) in [4.78, 5) is 44.9. The summed E-state index contributed by atoms with van der Waals surface area (Å²) >= 11 is 1.18. The smallest absolute Gasteiger partial charge is 0.283 e. The highest BCUT2D eigenvalue weighted by atomic mass is 32.2. The minimum atomic E-state index is -0.255. The van der Waals surface area contributed by atoms with Gasteiger partial charge in [-0.3, -0.25) is 19.0 Å². The van der Waals surface area contributed by atoms with E-state index in [4.69, 9.17) is 0 Å². The van der Waals surface area contributed by atoms with Crippen molar-refractivity contribution in [2.75, 3.05) is 16.4 Å². The van der Waals surface area contributed by atoms with Gasteiger partial charge >= 0.3 is 0 Å². The van der Waals surface area contributed by atoms with Gasteiger partial charge in [0.05, 0.1) is 17.0 Å². The predicted octanol–water partition coefficient (Wildman–Crippen LogP) is 4.02. The van der Waals surface area contributed by atoms with Gasteiger partial charge in [-0.05, 0) is 50.2 Å². The van der Waals surface area contributed by atoms with Crippen LogP contribution in [-0.4, -0.2) is 32.1 Å². The molecule has 0 aliphatic heterocycles. The van der Waals surface area contributed by atoms with Crippen LogP contribution in [-0.2, 0) is 9.59 Å².